The zero-order valence-electron chi connectivity index (χ0n) is 11.9. The summed E-state index contributed by atoms with van der Waals surface area (Å²) in [4.78, 5) is 10.7. The van der Waals surface area contributed by atoms with Crippen LogP contribution in [-0.2, 0) is 6.54 Å². The van der Waals surface area contributed by atoms with Crippen molar-refractivity contribution >= 4 is 16.9 Å². The highest BCUT2D eigenvalue weighted by molar-refractivity contribution is 5.87. The first-order chi connectivity index (χ1) is 10.3. The van der Waals surface area contributed by atoms with Crippen LogP contribution in [-0.4, -0.2) is 28.2 Å². The predicted octanol–water partition coefficient (Wildman–Crippen LogP) is 1.89. The summed E-state index contributed by atoms with van der Waals surface area (Å²) in [5.41, 5.74) is 8.25. The van der Waals surface area contributed by atoms with Crippen LogP contribution in [0, 0.1) is 6.92 Å². The number of benzene rings is 1. The second-order valence-electron chi connectivity index (χ2n) is 4.84. The molecule has 3 rings (SSSR count). The summed E-state index contributed by atoms with van der Waals surface area (Å²) < 4.78 is 5.21. The Morgan fingerprint density at radius 3 is 2.76 bits per heavy atom. The summed E-state index contributed by atoms with van der Waals surface area (Å²) in [6.45, 7) is 3.87. The van der Waals surface area contributed by atoms with Crippen molar-refractivity contribution in [2.75, 3.05) is 18.0 Å². The van der Waals surface area contributed by atoms with Gasteiger partial charge in [0.1, 0.15) is 17.5 Å². The Kier molecular flexibility index (Phi) is 3.79. The van der Waals surface area contributed by atoms with E-state index in [1.165, 1.54) is 11.9 Å². The molecule has 0 radical (unpaired) electrons. The van der Waals surface area contributed by atoms with Crippen molar-refractivity contribution in [2.24, 2.45) is 5.73 Å². The Balaban J connectivity index is 2.01. The van der Waals surface area contributed by atoms with E-state index in [1.807, 2.05) is 25.1 Å². The van der Waals surface area contributed by atoms with Gasteiger partial charge in [0.05, 0.1) is 5.69 Å². The average molecular weight is 283 g/mol. The van der Waals surface area contributed by atoms with Gasteiger partial charge < -0.3 is 15.2 Å². The Morgan fingerprint density at radius 1 is 1.19 bits per heavy atom. The molecule has 1 aromatic carbocycles. The Hall–Kier alpha value is -2.47. The lowest BCUT2D eigenvalue weighted by atomic mass is 10.2. The summed E-state index contributed by atoms with van der Waals surface area (Å²) in [6, 6.07) is 10.2. The van der Waals surface area contributed by atoms with Crippen LogP contribution < -0.4 is 10.6 Å². The van der Waals surface area contributed by atoms with E-state index in [-0.39, 0.29) is 0 Å². The minimum Gasteiger partial charge on any atom is -0.350 e. The molecule has 0 aliphatic rings. The molecular weight excluding hydrogens is 266 g/mol. The second kappa shape index (κ2) is 5.88. The third-order valence-electron chi connectivity index (χ3n) is 3.34. The number of hydrogen-bond acceptors (Lipinski definition) is 6. The van der Waals surface area contributed by atoms with Crippen LogP contribution in [0.2, 0.25) is 0 Å². The molecule has 0 unspecified atom stereocenters. The van der Waals surface area contributed by atoms with Crippen molar-refractivity contribution in [1.82, 2.24) is 15.1 Å². The van der Waals surface area contributed by atoms with Gasteiger partial charge >= 0.3 is 0 Å². The molecule has 0 saturated heterocycles. The maximum Gasteiger partial charge on any atom is 0.263 e. The van der Waals surface area contributed by atoms with Gasteiger partial charge in [-0.2, -0.15) is 4.98 Å². The molecule has 2 aromatic heterocycles. The molecule has 0 fully saturated rings. The van der Waals surface area contributed by atoms with Gasteiger partial charge in [-0.3, -0.25) is 0 Å². The van der Waals surface area contributed by atoms with E-state index >= 15 is 0 Å². The zero-order valence-corrected chi connectivity index (χ0v) is 11.9. The van der Waals surface area contributed by atoms with Crippen LogP contribution in [0.5, 0.6) is 0 Å². The number of nitrogens with zero attached hydrogens (tertiary/aromatic N) is 4. The Labute approximate surface area is 122 Å². The number of aromatic nitrogens is 3. The lowest BCUT2D eigenvalue weighted by Gasteiger charge is -2.23. The third-order valence-corrected chi connectivity index (χ3v) is 3.34. The van der Waals surface area contributed by atoms with Crippen molar-refractivity contribution < 1.29 is 4.52 Å². The quantitative estimate of drug-likeness (QED) is 0.770. The van der Waals surface area contributed by atoms with Crippen LogP contribution in [0.15, 0.2) is 41.2 Å². The van der Waals surface area contributed by atoms with Crippen molar-refractivity contribution in [3.05, 3.63) is 47.9 Å². The van der Waals surface area contributed by atoms with E-state index in [0.29, 0.717) is 18.8 Å². The smallest absolute Gasteiger partial charge is 0.263 e. The first-order valence-electron chi connectivity index (χ1n) is 6.85. The molecule has 6 heteroatoms. The third kappa shape index (κ3) is 2.71. The molecule has 0 saturated carbocycles. The zero-order chi connectivity index (χ0) is 14.7. The second-order valence-corrected chi connectivity index (χ2v) is 4.84. The molecule has 0 amide bonds. The highest BCUT2D eigenvalue weighted by atomic mass is 16.5. The average Bonchev–Trinajstić information content (AvgIpc) is 2.90. The molecule has 2 heterocycles. The van der Waals surface area contributed by atoms with E-state index < -0.39 is 0 Å². The molecule has 0 atom stereocenters. The molecular formula is C15H17N5O. The van der Waals surface area contributed by atoms with E-state index in [1.54, 1.807) is 0 Å². The highest BCUT2D eigenvalue weighted by Crippen LogP contribution is 2.26. The predicted molar refractivity (Wildman–Crippen MR) is 80.9 cm³/mol. The molecule has 0 bridgehead atoms. The van der Waals surface area contributed by atoms with Crippen molar-refractivity contribution in [2.45, 2.75) is 13.5 Å². The summed E-state index contributed by atoms with van der Waals surface area (Å²) >= 11 is 0. The van der Waals surface area contributed by atoms with Gasteiger partial charge in [0.2, 0.25) is 0 Å². The normalized spacial score (nSPS) is 11.0. The lowest BCUT2D eigenvalue weighted by molar-refractivity contribution is 0.442. The first kappa shape index (κ1) is 13.5. The van der Waals surface area contributed by atoms with Crippen LogP contribution in [0.1, 0.15) is 11.3 Å². The molecule has 108 valence electrons. The number of nitrogens with two attached hydrogens (primary N) is 1. The summed E-state index contributed by atoms with van der Waals surface area (Å²) in [7, 11) is 0. The monoisotopic (exact) mass is 283 g/mol. The number of aryl methyl sites for hydroxylation is 1. The fourth-order valence-corrected chi connectivity index (χ4v) is 2.36. The molecule has 6 nitrogen and oxygen atoms in total. The van der Waals surface area contributed by atoms with E-state index in [9.17, 15) is 0 Å². The fraction of sp³-hybridized carbons (Fsp3) is 0.267. The van der Waals surface area contributed by atoms with Gasteiger partial charge in [-0.15, -0.1) is 0 Å². The fourth-order valence-electron chi connectivity index (χ4n) is 2.36. The van der Waals surface area contributed by atoms with Gasteiger partial charge in [-0.1, -0.05) is 35.5 Å². The van der Waals surface area contributed by atoms with Crippen LogP contribution in [0.25, 0.3) is 11.1 Å². The van der Waals surface area contributed by atoms with Crippen molar-refractivity contribution in [1.29, 1.82) is 0 Å². The van der Waals surface area contributed by atoms with Crippen molar-refractivity contribution in [3.63, 3.8) is 0 Å². The maximum absolute atomic E-state index is 5.75. The minimum absolute atomic E-state index is 0.507. The number of fused-ring (bicyclic) bond motifs is 1. The Morgan fingerprint density at radius 2 is 2.00 bits per heavy atom. The molecule has 2 N–H and O–H groups in total. The van der Waals surface area contributed by atoms with E-state index in [4.69, 9.17) is 10.3 Å². The summed E-state index contributed by atoms with van der Waals surface area (Å²) in [5.74, 6) is 0.813. The van der Waals surface area contributed by atoms with Gasteiger partial charge in [0.25, 0.3) is 5.71 Å². The summed E-state index contributed by atoms with van der Waals surface area (Å²) in [6.07, 6.45) is 1.50. The molecule has 3 aromatic rings. The van der Waals surface area contributed by atoms with Crippen LogP contribution in [0.3, 0.4) is 0 Å². The van der Waals surface area contributed by atoms with Crippen LogP contribution in [0.4, 0.5) is 5.82 Å². The highest BCUT2D eigenvalue weighted by Gasteiger charge is 2.17. The molecule has 0 aliphatic heterocycles. The first-order valence-corrected chi connectivity index (χ1v) is 6.85. The van der Waals surface area contributed by atoms with Gasteiger partial charge in [0.15, 0.2) is 0 Å². The number of rotatable bonds is 5. The van der Waals surface area contributed by atoms with E-state index in [0.717, 1.165) is 23.4 Å². The van der Waals surface area contributed by atoms with Gasteiger partial charge in [-0.05, 0) is 12.5 Å². The Bertz CT molecular complexity index is 725. The van der Waals surface area contributed by atoms with Crippen molar-refractivity contribution in [3.8, 4) is 0 Å². The standard InChI is InChI=1S/C15H17N5O/c1-11-13-14(17-10-18-15(13)21-19-11)20(8-7-16)9-12-5-3-2-4-6-12/h2-6,10H,7-9,16H2,1H3. The number of hydrogen-bond donors (Lipinski definition) is 1. The largest absolute Gasteiger partial charge is 0.350 e. The molecule has 0 spiro atoms. The minimum atomic E-state index is 0.507. The molecule has 21 heavy (non-hydrogen) atoms. The van der Waals surface area contributed by atoms with Crippen LogP contribution >= 0.6 is 0 Å². The SMILES string of the molecule is Cc1noc2ncnc(N(CCN)Cc3ccccc3)c12. The summed E-state index contributed by atoms with van der Waals surface area (Å²) in [5, 5.41) is 4.82. The molecule has 0 aliphatic carbocycles. The number of anilines is 1. The van der Waals surface area contributed by atoms with Gasteiger partial charge in [-0.25, -0.2) is 4.98 Å². The van der Waals surface area contributed by atoms with Gasteiger partial charge in [0, 0.05) is 19.6 Å². The topological polar surface area (TPSA) is 81.1 Å². The lowest BCUT2D eigenvalue weighted by Crippen LogP contribution is -2.30. The maximum atomic E-state index is 5.75. The van der Waals surface area contributed by atoms with E-state index in [2.05, 4.69) is 32.2 Å².